The van der Waals surface area contributed by atoms with Gasteiger partial charge in [0.25, 0.3) is 0 Å². The van der Waals surface area contributed by atoms with Crippen LogP contribution in [0.3, 0.4) is 0 Å². The summed E-state index contributed by atoms with van der Waals surface area (Å²) in [4.78, 5) is 4.25. The molecule has 0 aromatic heterocycles. The van der Waals surface area contributed by atoms with E-state index in [0.29, 0.717) is 0 Å². The number of hydrogen-bond donors (Lipinski definition) is 0. The third kappa shape index (κ3) is 10.0. The van der Waals surface area contributed by atoms with Gasteiger partial charge >= 0.3 is 0 Å². The second-order valence-electron chi connectivity index (χ2n) is 4.59. The van der Waals surface area contributed by atoms with Crippen molar-refractivity contribution in [2.75, 3.05) is 0 Å². The quantitative estimate of drug-likeness (QED) is 0.437. The predicted octanol–water partition coefficient (Wildman–Crippen LogP) is 3.22. The fraction of sp³-hybridized carbons (Fsp3) is 0.889. The Hall–Kier alpha value is 0.0200. The molecular weight excluding hydrogens is 154 g/mol. The summed E-state index contributed by atoms with van der Waals surface area (Å²) in [6.45, 7) is 12.7. The molecule has 0 aliphatic carbocycles. The molecule has 0 saturated carbocycles. The van der Waals surface area contributed by atoms with E-state index in [4.69, 9.17) is 0 Å². The van der Waals surface area contributed by atoms with Crippen LogP contribution < -0.4 is 0 Å². The molecule has 0 saturated heterocycles. The summed E-state index contributed by atoms with van der Waals surface area (Å²) >= 11 is 1.64. The van der Waals surface area contributed by atoms with Gasteiger partial charge in [0.2, 0.25) is 0 Å². The number of hydrogen-bond acceptors (Lipinski definition) is 2. The second-order valence-corrected chi connectivity index (χ2v) is 6.20. The molecule has 1 nitrogen and oxygen atoms in total. The van der Waals surface area contributed by atoms with Crippen LogP contribution in [0, 0.1) is 0 Å². The first-order valence-corrected chi connectivity index (χ1v) is 4.67. The van der Waals surface area contributed by atoms with E-state index in [1.54, 1.807) is 11.8 Å². The third-order valence-electron chi connectivity index (χ3n) is 0.733. The van der Waals surface area contributed by atoms with E-state index in [1.807, 2.05) is 0 Å². The van der Waals surface area contributed by atoms with Gasteiger partial charge in [0, 0.05) is 4.75 Å². The number of rotatable bonds is 1. The van der Waals surface area contributed by atoms with Crippen molar-refractivity contribution in [2.24, 2.45) is 4.99 Å². The van der Waals surface area contributed by atoms with E-state index in [1.165, 1.54) is 0 Å². The van der Waals surface area contributed by atoms with E-state index in [2.05, 4.69) is 52.1 Å². The van der Waals surface area contributed by atoms with Crippen LogP contribution in [-0.2, 0) is 0 Å². The lowest BCUT2D eigenvalue weighted by Gasteiger charge is -2.15. The van der Waals surface area contributed by atoms with Gasteiger partial charge in [-0.3, -0.25) is 4.99 Å². The molecule has 0 fully saturated rings. The van der Waals surface area contributed by atoms with Crippen LogP contribution in [0.1, 0.15) is 41.5 Å². The number of aliphatic imine (C=N–C) groups is 1. The van der Waals surface area contributed by atoms with Crippen LogP contribution in [-0.4, -0.2) is 15.8 Å². The molecule has 0 aliphatic rings. The Bertz CT molecular complexity index is 137. The van der Waals surface area contributed by atoms with Gasteiger partial charge in [-0.15, -0.1) is 0 Å². The molecule has 1 radical (unpaired) electrons. The van der Waals surface area contributed by atoms with Crippen molar-refractivity contribution < 1.29 is 0 Å². The van der Waals surface area contributed by atoms with Gasteiger partial charge in [-0.1, -0.05) is 32.5 Å². The maximum Gasteiger partial charge on any atom is 0.123 e. The monoisotopic (exact) mass is 172 g/mol. The molecule has 65 valence electrons. The first kappa shape index (κ1) is 11.0. The minimum atomic E-state index is 0.0122. The first-order valence-electron chi connectivity index (χ1n) is 3.86. The van der Waals surface area contributed by atoms with Crippen molar-refractivity contribution in [3.05, 3.63) is 0 Å². The second kappa shape index (κ2) is 3.61. The fourth-order valence-electron chi connectivity index (χ4n) is 0.297. The molecule has 2 heteroatoms. The third-order valence-corrected chi connectivity index (χ3v) is 1.53. The number of nitrogens with zero attached hydrogens (tertiary/aromatic N) is 1. The maximum absolute atomic E-state index is 4.25. The van der Waals surface area contributed by atoms with Crippen molar-refractivity contribution >= 4 is 17.3 Å². The molecule has 0 heterocycles. The molecule has 0 aromatic rings. The molecule has 0 amide bonds. The van der Waals surface area contributed by atoms with Crippen molar-refractivity contribution in [3.63, 3.8) is 0 Å². The van der Waals surface area contributed by atoms with Gasteiger partial charge in [0.15, 0.2) is 0 Å². The largest absolute Gasteiger partial charge is 0.270 e. The molecule has 0 N–H and O–H groups in total. The van der Waals surface area contributed by atoms with Crippen LogP contribution in [0.25, 0.3) is 0 Å². The van der Waals surface area contributed by atoms with Crippen molar-refractivity contribution in [2.45, 2.75) is 51.8 Å². The molecule has 0 aliphatic heterocycles. The smallest absolute Gasteiger partial charge is 0.123 e. The highest BCUT2D eigenvalue weighted by molar-refractivity contribution is 8.13. The standard InChI is InChI=1S/C9H18NS/c1-8(2,3)10-7-11-9(4,5)6/h1-6H3. The lowest BCUT2D eigenvalue weighted by molar-refractivity contribution is 0.588. The fourth-order valence-corrected chi connectivity index (χ4v) is 0.890. The van der Waals surface area contributed by atoms with Crippen LogP contribution in [0.4, 0.5) is 0 Å². The molecule has 0 rings (SSSR count). The molecule has 0 atom stereocenters. The Kier molecular flexibility index (Phi) is 3.62. The van der Waals surface area contributed by atoms with Gasteiger partial charge in [-0.05, 0) is 20.8 Å². The van der Waals surface area contributed by atoms with Crippen molar-refractivity contribution in [1.29, 1.82) is 0 Å². The van der Waals surface area contributed by atoms with Crippen molar-refractivity contribution in [1.82, 2.24) is 0 Å². The highest BCUT2D eigenvalue weighted by Gasteiger charge is 2.10. The van der Waals surface area contributed by atoms with E-state index in [0.717, 1.165) is 0 Å². The lowest BCUT2D eigenvalue weighted by atomic mass is 10.1. The first-order chi connectivity index (χ1) is 4.71. The Morgan fingerprint density at radius 2 is 1.45 bits per heavy atom. The van der Waals surface area contributed by atoms with Gasteiger partial charge < -0.3 is 0 Å². The highest BCUT2D eigenvalue weighted by atomic mass is 32.2. The van der Waals surface area contributed by atoms with Gasteiger partial charge in [0.05, 0.1) is 5.54 Å². The zero-order chi connectivity index (χ0) is 9.12. The molecule has 0 bridgehead atoms. The van der Waals surface area contributed by atoms with Crippen LogP contribution >= 0.6 is 11.8 Å². The molecule has 0 aromatic carbocycles. The average Bonchev–Trinajstić information content (AvgIpc) is 1.55. The summed E-state index contributed by atoms with van der Waals surface area (Å²) in [6, 6.07) is 0. The topological polar surface area (TPSA) is 12.4 Å². The zero-order valence-corrected chi connectivity index (χ0v) is 9.17. The minimum absolute atomic E-state index is 0.0122. The highest BCUT2D eigenvalue weighted by Crippen LogP contribution is 2.21. The van der Waals surface area contributed by atoms with Gasteiger partial charge in [-0.25, -0.2) is 0 Å². The average molecular weight is 172 g/mol. The summed E-state index contributed by atoms with van der Waals surface area (Å²) in [5.41, 5.74) is 3.02. The zero-order valence-electron chi connectivity index (χ0n) is 8.36. The Morgan fingerprint density at radius 1 is 1.00 bits per heavy atom. The number of thioether (sulfide) groups is 1. The van der Waals surface area contributed by atoms with E-state index < -0.39 is 0 Å². The van der Waals surface area contributed by atoms with Crippen LogP contribution in [0.5, 0.6) is 0 Å². The van der Waals surface area contributed by atoms with E-state index in [-0.39, 0.29) is 10.3 Å². The molecule has 0 spiro atoms. The molecule has 11 heavy (non-hydrogen) atoms. The predicted molar refractivity (Wildman–Crippen MR) is 54.5 cm³/mol. The van der Waals surface area contributed by atoms with E-state index in [9.17, 15) is 0 Å². The Morgan fingerprint density at radius 3 is 1.73 bits per heavy atom. The normalized spacial score (nSPS) is 14.4. The minimum Gasteiger partial charge on any atom is -0.270 e. The summed E-state index contributed by atoms with van der Waals surface area (Å²) in [7, 11) is 0. The van der Waals surface area contributed by atoms with Gasteiger partial charge in [-0.2, -0.15) is 0 Å². The lowest BCUT2D eigenvalue weighted by Crippen LogP contribution is -2.11. The molecular formula is C9H18NS. The Labute approximate surface area is 74.7 Å². The Balaban J connectivity index is 3.80. The SMILES string of the molecule is CC(C)(C)N=[C]SC(C)(C)C. The maximum atomic E-state index is 4.25. The van der Waals surface area contributed by atoms with E-state index >= 15 is 0 Å². The van der Waals surface area contributed by atoms with Crippen molar-refractivity contribution in [3.8, 4) is 0 Å². The van der Waals surface area contributed by atoms with Crippen LogP contribution in [0.15, 0.2) is 4.99 Å². The molecule has 0 unspecified atom stereocenters. The summed E-state index contributed by atoms with van der Waals surface area (Å²) in [5, 5.41) is 0. The summed E-state index contributed by atoms with van der Waals surface area (Å²) in [5.74, 6) is 0. The van der Waals surface area contributed by atoms with Gasteiger partial charge in [0.1, 0.15) is 5.55 Å². The van der Waals surface area contributed by atoms with Crippen LogP contribution in [0.2, 0.25) is 0 Å². The summed E-state index contributed by atoms with van der Waals surface area (Å²) < 4.78 is 0.231. The summed E-state index contributed by atoms with van der Waals surface area (Å²) in [6.07, 6.45) is 0.